The van der Waals surface area contributed by atoms with Crippen LogP contribution in [0.4, 0.5) is 4.39 Å². The topological polar surface area (TPSA) is 3.88 Å². The zero-order valence-electron chi connectivity index (χ0n) is 7.34. The fourth-order valence-electron chi connectivity index (χ4n) is 1.25. The molecule has 0 saturated carbocycles. The summed E-state index contributed by atoms with van der Waals surface area (Å²) >= 11 is 1.49. The summed E-state index contributed by atoms with van der Waals surface area (Å²) in [5.74, 6) is -0.124. The van der Waals surface area contributed by atoms with E-state index < -0.39 is 0 Å². The van der Waals surface area contributed by atoms with E-state index in [-0.39, 0.29) is 29.8 Å². The monoisotopic (exact) mass is 309 g/mol. The van der Waals surface area contributed by atoms with E-state index >= 15 is 0 Å². The Balaban J connectivity index is 0.000000845. The van der Waals surface area contributed by atoms with Crippen molar-refractivity contribution < 1.29 is 32.9 Å². The molecule has 0 unspecified atom stereocenters. The molecule has 0 aliphatic carbocycles. The minimum absolute atomic E-state index is 0. The first-order chi connectivity index (χ1) is 5.70. The lowest BCUT2D eigenvalue weighted by Crippen LogP contribution is -3.00. The van der Waals surface area contributed by atoms with Gasteiger partial charge in [0.1, 0.15) is 17.6 Å². The van der Waals surface area contributed by atoms with Gasteiger partial charge in [-0.2, -0.15) is 4.57 Å². The molecule has 0 bridgehead atoms. The number of halogens is 2. The van der Waals surface area contributed by atoms with E-state index in [4.69, 9.17) is 0 Å². The highest BCUT2D eigenvalue weighted by molar-refractivity contribution is 7.18. The van der Waals surface area contributed by atoms with Gasteiger partial charge in [-0.25, -0.2) is 4.39 Å². The van der Waals surface area contributed by atoms with Crippen LogP contribution in [0.2, 0.25) is 0 Å². The van der Waals surface area contributed by atoms with Gasteiger partial charge in [0.25, 0.3) is 0 Å². The number of thiazole rings is 1. The van der Waals surface area contributed by atoms with Gasteiger partial charge in [0.15, 0.2) is 0 Å². The number of fused-ring (bicyclic) bond motifs is 1. The van der Waals surface area contributed by atoms with E-state index in [0.29, 0.717) is 0 Å². The first-order valence-corrected chi connectivity index (χ1v) is 4.55. The van der Waals surface area contributed by atoms with Crippen LogP contribution in [0.3, 0.4) is 0 Å². The van der Waals surface area contributed by atoms with Crippen LogP contribution in [-0.4, -0.2) is 0 Å². The molecule has 0 N–H and O–H groups in total. The van der Waals surface area contributed by atoms with Crippen LogP contribution in [0.15, 0.2) is 18.2 Å². The molecular formula is C9H9FINS. The standard InChI is InChI=1S/C9H9FNS.HI/c1-6-11(2)8-5-3-4-7(10)9(8)12-6;/h3-5H,1-2H3;1H/q+1;/p-1. The van der Waals surface area contributed by atoms with E-state index in [1.54, 1.807) is 6.07 Å². The third-order valence-corrected chi connectivity index (χ3v) is 3.21. The fourth-order valence-corrected chi connectivity index (χ4v) is 2.25. The molecule has 0 fully saturated rings. The van der Waals surface area contributed by atoms with Crippen molar-refractivity contribution in [3.05, 3.63) is 29.0 Å². The number of aromatic nitrogens is 1. The van der Waals surface area contributed by atoms with Crippen LogP contribution in [0.25, 0.3) is 10.2 Å². The molecule has 1 aromatic carbocycles. The van der Waals surface area contributed by atoms with Gasteiger partial charge in [0.2, 0.25) is 10.5 Å². The van der Waals surface area contributed by atoms with E-state index in [1.165, 1.54) is 17.4 Å². The van der Waals surface area contributed by atoms with Crippen LogP contribution < -0.4 is 28.5 Å². The van der Waals surface area contributed by atoms with Crippen molar-refractivity contribution in [1.29, 1.82) is 0 Å². The van der Waals surface area contributed by atoms with Crippen LogP contribution in [0.1, 0.15) is 5.01 Å². The maximum absolute atomic E-state index is 13.2. The minimum Gasteiger partial charge on any atom is -1.00 e. The Hall–Kier alpha value is -0.230. The second kappa shape index (κ2) is 3.88. The zero-order chi connectivity index (χ0) is 8.72. The maximum atomic E-state index is 13.2. The van der Waals surface area contributed by atoms with Gasteiger partial charge in [-0.1, -0.05) is 17.4 Å². The summed E-state index contributed by atoms with van der Waals surface area (Å²) in [5.41, 5.74) is 0.970. The Labute approximate surface area is 97.2 Å². The van der Waals surface area contributed by atoms with Gasteiger partial charge in [-0.15, -0.1) is 0 Å². The van der Waals surface area contributed by atoms with E-state index in [2.05, 4.69) is 0 Å². The lowest BCUT2D eigenvalue weighted by molar-refractivity contribution is -0.646. The quantitative estimate of drug-likeness (QED) is 0.442. The van der Waals surface area contributed by atoms with Crippen LogP contribution in [0.5, 0.6) is 0 Å². The lowest BCUT2D eigenvalue weighted by Gasteiger charge is -1.86. The van der Waals surface area contributed by atoms with Gasteiger partial charge in [-0.05, 0) is 6.07 Å². The molecular weight excluding hydrogens is 300 g/mol. The minimum atomic E-state index is -0.124. The molecule has 1 aromatic heterocycles. The molecule has 0 saturated heterocycles. The van der Waals surface area contributed by atoms with Gasteiger partial charge >= 0.3 is 0 Å². The zero-order valence-corrected chi connectivity index (χ0v) is 10.3. The maximum Gasteiger partial charge on any atom is 0.235 e. The van der Waals surface area contributed by atoms with Crippen molar-refractivity contribution in [2.45, 2.75) is 6.92 Å². The van der Waals surface area contributed by atoms with Crippen molar-refractivity contribution in [3.63, 3.8) is 0 Å². The average molecular weight is 309 g/mol. The van der Waals surface area contributed by atoms with Crippen LogP contribution in [0, 0.1) is 12.7 Å². The first kappa shape index (κ1) is 10.8. The molecule has 0 amide bonds. The first-order valence-electron chi connectivity index (χ1n) is 3.74. The Bertz CT molecular complexity index is 438. The predicted molar refractivity (Wildman–Crippen MR) is 47.7 cm³/mol. The Morgan fingerprint density at radius 1 is 1.38 bits per heavy atom. The van der Waals surface area contributed by atoms with Crippen molar-refractivity contribution in [1.82, 2.24) is 0 Å². The normalized spacial score (nSPS) is 10.1. The van der Waals surface area contributed by atoms with Crippen molar-refractivity contribution in [2.75, 3.05) is 0 Å². The lowest BCUT2D eigenvalue weighted by atomic mass is 10.3. The van der Waals surface area contributed by atoms with Gasteiger partial charge in [-0.3, -0.25) is 0 Å². The number of hydrogen-bond donors (Lipinski definition) is 0. The second-order valence-electron chi connectivity index (χ2n) is 2.77. The second-order valence-corrected chi connectivity index (χ2v) is 3.97. The van der Waals surface area contributed by atoms with E-state index in [1.807, 2.05) is 24.6 Å². The third kappa shape index (κ3) is 1.69. The van der Waals surface area contributed by atoms with Gasteiger partial charge in [0.05, 0.1) is 0 Å². The van der Waals surface area contributed by atoms with Gasteiger partial charge in [0, 0.05) is 13.0 Å². The summed E-state index contributed by atoms with van der Waals surface area (Å²) < 4.78 is 15.9. The number of benzene rings is 1. The van der Waals surface area contributed by atoms with Crippen molar-refractivity contribution >= 4 is 21.6 Å². The summed E-state index contributed by atoms with van der Waals surface area (Å²) in [6, 6.07) is 5.17. The number of aryl methyl sites for hydroxylation is 2. The molecule has 2 aromatic rings. The van der Waals surface area contributed by atoms with Crippen LogP contribution >= 0.6 is 11.3 Å². The third-order valence-electron chi connectivity index (χ3n) is 2.03. The molecule has 0 aliphatic heterocycles. The Morgan fingerprint density at radius 3 is 2.69 bits per heavy atom. The largest absolute Gasteiger partial charge is 1.00 e. The summed E-state index contributed by atoms with van der Waals surface area (Å²) in [5, 5.41) is 1.12. The highest BCUT2D eigenvalue weighted by atomic mass is 127. The van der Waals surface area contributed by atoms with Crippen molar-refractivity contribution in [2.24, 2.45) is 7.05 Å². The summed E-state index contributed by atoms with van der Waals surface area (Å²) in [6.07, 6.45) is 0. The molecule has 0 radical (unpaired) electrons. The Morgan fingerprint density at radius 2 is 2.08 bits per heavy atom. The highest BCUT2D eigenvalue weighted by Gasteiger charge is 2.14. The molecule has 2 rings (SSSR count). The molecule has 1 nitrogen and oxygen atoms in total. The van der Waals surface area contributed by atoms with E-state index in [9.17, 15) is 4.39 Å². The Kier molecular flexibility index (Phi) is 3.23. The molecule has 4 heteroatoms. The van der Waals surface area contributed by atoms with Gasteiger partial charge < -0.3 is 24.0 Å². The fraction of sp³-hybridized carbons (Fsp3) is 0.222. The van der Waals surface area contributed by atoms with E-state index in [0.717, 1.165) is 15.2 Å². The highest BCUT2D eigenvalue weighted by Crippen LogP contribution is 2.21. The molecule has 13 heavy (non-hydrogen) atoms. The number of hydrogen-bond acceptors (Lipinski definition) is 1. The molecule has 0 atom stereocenters. The summed E-state index contributed by atoms with van der Waals surface area (Å²) in [7, 11) is 1.95. The average Bonchev–Trinajstić information content (AvgIpc) is 2.32. The van der Waals surface area contributed by atoms with Crippen molar-refractivity contribution in [3.8, 4) is 0 Å². The predicted octanol–water partition coefficient (Wildman–Crippen LogP) is -0.823. The molecule has 0 spiro atoms. The smallest absolute Gasteiger partial charge is 0.235 e. The number of nitrogens with zero attached hydrogens (tertiary/aromatic N) is 1. The van der Waals surface area contributed by atoms with Crippen LogP contribution in [-0.2, 0) is 7.05 Å². The molecule has 0 aliphatic rings. The molecule has 70 valence electrons. The number of rotatable bonds is 0. The summed E-state index contributed by atoms with van der Waals surface area (Å²) in [4.78, 5) is 0. The molecule has 1 heterocycles. The SMILES string of the molecule is Cc1sc2c(F)cccc2[n+]1C.[I-]. The summed E-state index contributed by atoms with van der Waals surface area (Å²) in [6.45, 7) is 1.99.